The zero-order valence-electron chi connectivity index (χ0n) is 13.3. The van der Waals surface area contributed by atoms with Crippen molar-refractivity contribution in [3.05, 3.63) is 42.0 Å². The lowest BCUT2D eigenvalue weighted by molar-refractivity contribution is 0.0371. The molecule has 23 heavy (non-hydrogen) atoms. The van der Waals surface area contributed by atoms with Crippen LogP contribution in [0.4, 0.5) is 0 Å². The lowest BCUT2D eigenvalue weighted by Gasteiger charge is -2.26. The van der Waals surface area contributed by atoms with E-state index in [1.807, 2.05) is 24.3 Å². The maximum absolute atomic E-state index is 12.4. The van der Waals surface area contributed by atoms with Crippen molar-refractivity contribution in [3.8, 4) is 5.75 Å². The number of Topliss-reactive ketones (excluding diaryl/α,β-unsaturated/α-hetero) is 1. The Morgan fingerprint density at radius 1 is 1.09 bits per heavy atom. The van der Waals surface area contributed by atoms with Gasteiger partial charge in [0.25, 0.3) is 0 Å². The van der Waals surface area contributed by atoms with Gasteiger partial charge in [-0.05, 0) is 42.3 Å². The highest BCUT2D eigenvalue weighted by Gasteiger charge is 2.13. The molecule has 1 N–H and O–H groups in total. The van der Waals surface area contributed by atoms with E-state index in [9.17, 15) is 9.90 Å². The molecule has 1 saturated heterocycles. The molecule has 0 radical (unpaired) electrons. The Labute approximate surface area is 136 Å². The minimum Gasteiger partial charge on any atom is -0.507 e. The van der Waals surface area contributed by atoms with Crippen LogP contribution in [0, 0.1) is 0 Å². The Hall–Kier alpha value is -1.91. The summed E-state index contributed by atoms with van der Waals surface area (Å²) in [6.45, 7) is 4.60. The highest BCUT2D eigenvalue weighted by Crippen LogP contribution is 2.26. The zero-order valence-corrected chi connectivity index (χ0v) is 13.3. The van der Waals surface area contributed by atoms with Gasteiger partial charge in [-0.25, -0.2) is 0 Å². The Balaban J connectivity index is 1.54. The Bertz CT molecular complexity index is 677. The molecule has 1 aliphatic rings. The number of ether oxygens (including phenoxy) is 1. The summed E-state index contributed by atoms with van der Waals surface area (Å²) in [5, 5.41) is 12.0. The first kappa shape index (κ1) is 16.0. The van der Waals surface area contributed by atoms with Crippen molar-refractivity contribution in [2.45, 2.75) is 19.3 Å². The van der Waals surface area contributed by atoms with Crippen LogP contribution in [-0.2, 0) is 4.74 Å². The van der Waals surface area contributed by atoms with Gasteiger partial charge in [0.05, 0.1) is 18.8 Å². The third kappa shape index (κ3) is 4.09. The van der Waals surface area contributed by atoms with E-state index in [-0.39, 0.29) is 11.5 Å². The van der Waals surface area contributed by atoms with E-state index in [2.05, 4.69) is 4.90 Å². The molecule has 3 rings (SSSR count). The maximum Gasteiger partial charge on any atom is 0.166 e. The molecule has 0 bridgehead atoms. The highest BCUT2D eigenvalue weighted by molar-refractivity contribution is 6.02. The highest BCUT2D eigenvalue weighted by atomic mass is 16.5. The van der Waals surface area contributed by atoms with Crippen LogP contribution in [0.25, 0.3) is 10.8 Å². The first-order chi connectivity index (χ1) is 11.2. The number of benzene rings is 2. The lowest BCUT2D eigenvalue weighted by Crippen LogP contribution is -2.36. The van der Waals surface area contributed by atoms with Crippen molar-refractivity contribution in [1.82, 2.24) is 4.90 Å². The Kier molecular flexibility index (Phi) is 5.26. The predicted octanol–water partition coefficient (Wildman–Crippen LogP) is 3.23. The van der Waals surface area contributed by atoms with Gasteiger partial charge in [0.15, 0.2) is 5.78 Å². The molecule has 2 aromatic carbocycles. The predicted molar refractivity (Wildman–Crippen MR) is 91.1 cm³/mol. The summed E-state index contributed by atoms with van der Waals surface area (Å²) in [4.78, 5) is 14.7. The van der Waals surface area contributed by atoms with Crippen molar-refractivity contribution >= 4 is 16.6 Å². The summed E-state index contributed by atoms with van der Waals surface area (Å²) in [7, 11) is 0. The van der Waals surface area contributed by atoms with Gasteiger partial charge in [0.2, 0.25) is 0 Å². The third-order valence-corrected chi connectivity index (χ3v) is 4.40. The number of carbonyl (C=O) groups is 1. The quantitative estimate of drug-likeness (QED) is 0.657. The number of carbonyl (C=O) groups excluding carboxylic acids is 1. The largest absolute Gasteiger partial charge is 0.507 e. The van der Waals surface area contributed by atoms with Gasteiger partial charge in [-0.2, -0.15) is 0 Å². The van der Waals surface area contributed by atoms with E-state index in [4.69, 9.17) is 4.74 Å². The molecule has 2 aromatic rings. The van der Waals surface area contributed by atoms with Crippen molar-refractivity contribution in [1.29, 1.82) is 0 Å². The van der Waals surface area contributed by atoms with Crippen LogP contribution in [0.15, 0.2) is 36.4 Å². The average Bonchev–Trinajstić information content (AvgIpc) is 2.59. The Morgan fingerprint density at radius 2 is 1.78 bits per heavy atom. The van der Waals surface area contributed by atoms with Crippen LogP contribution < -0.4 is 0 Å². The minimum absolute atomic E-state index is 0.0234. The number of phenolic OH excluding ortho intramolecular Hbond substituents is 1. The van der Waals surface area contributed by atoms with E-state index in [0.29, 0.717) is 12.0 Å². The number of ketones is 1. The van der Waals surface area contributed by atoms with E-state index in [0.717, 1.165) is 56.5 Å². The Morgan fingerprint density at radius 3 is 2.52 bits per heavy atom. The molecule has 4 heteroatoms. The molecule has 1 aliphatic heterocycles. The molecule has 122 valence electrons. The fraction of sp³-hybridized carbons (Fsp3) is 0.421. The van der Waals surface area contributed by atoms with E-state index in [1.54, 1.807) is 12.1 Å². The van der Waals surface area contributed by atoms with Crippen molar-refractivity contribution < 1.29 is 14.6 Å². The first-order valence-electron chi connectivity index (χ1n) is 8.29. The molecule has 0 amide bonds. The number of nitrogens with zero attached hydrogens (tertiary/aromatic N) is 1. The van der Waals surface area contributed by atoms with Gasteiger partial charge in [0.1, 0.15) is 5.75 Å². The molecular weight excluding hydrogens is 290 g/mol. The summed E-state index contributed by atoms with van der Waals surface area (Å²) >= 11 is 0. The molecule has 0 aliphatic carbocycles. The van der Waals surface area contributed by atoms with Crippen LogP contribution in [0.3, 0.4) is 0 Å². The SMILES string of the molecule is O=C(CCCCN1CCOCC1)c1cc2ccccc2cc1O. The first-order valence-corrected chi connectivity index (χ1v) is 8.29. The lowest BCUT2D eigenvalue weighted by atomic mass is 10.00. The third-order valence-electron chi connectivity index (χ3n) is 4.40. The van der Waals surface area contributed by atoms with E-state index < -0.39 is 0 Å². The van der Waals surface area contributed by atoms with Gasteiger partial charge >= 0.3 is 0 Å². The zero-order chi connectivity index (χ0) is 16.1. The van der Waals surface area contributed by atoms with Crippen molar-refractivity contribution in [2.75, 3.05) is 32.8 Å². The van der Waals surface area contributed by atoms with E-state index >= 15 is 0 Å². The van der Waals surface area contributed by atoms with Crippen LogP contribution in [0.5, 0.6) is 5.75 Å². The van der Waals surface area contributed by atoms with Crippen molar-refractivity contribution in [2.24, 2.45) is 0 Å². The fourth-order valence-corrected chi connectivity index (χ4v) is 3.03. The number of rotatable bonds is 6. The number of hydrogen-bond acceptors (Lipinski definition) is 4. The van der Waals surface area contributed by atoms with Crippen LogP contribution in [0.1, 0.15) is 29.6 Å². The summed E-state index contributed by atoms with van der Waals surface area (Å²) < 4.78 is 5.33. The topological polar surface area (TPSA) is 49.8 Å². The second-order valence-electron chi connectivity index (χ2n) is 6.05. The summed E-state index contributed by atoms with van der Waals surface area (Å²) in [5.74, 6) is 0.108. The summed E-state index contributed by atoms with van der Waals surface area (Å²) in [6.07, 6.45) is 2.33. The molecule has 0 aromatic heterocycles. The molecule has 0 spiro atoms. The standard InChI is InChI=1S/C19H23NO3/c21-18(7-3-4-8-20-9-11-23-12-10-20)17-13-15-5-1-2-6-16(15)14-19(17)22/h1-2,5-6,13-14,22H,3-4,7-12H2. The second-order valence-corrected chi connectivity index (χ2v) is 6.05. The summed E-state index contributed by atoms with van der Waals surface area (Å²) in [6, 6.07) is 11.2. The molecule has 4 nitrogen and oxygen atoms in total. The molecule has 0 unspecified atom stereocenters. The number of fused-ring (bicyclic) bond motifs is 1. The number of aromatic hydroxyl groups is 1. The van der Waals surface area contributed by atoms with Crippen LogP contribution in [-0.4, -0.2) is 48.6 Å². The number of unbranched alkanes of at least 4 members (excludes halogenated alkanes) is 1. The smallest absolute Gasteiger partial charge is 0.166 e. The number of phenols is 1. The molecule has 0 saturated carbocycles. The van der Waals surface area contributed by atoms with Crippen molar-refractivity contribution in [3.63, 3.8) is 0 Å². The second kappa shape index (κ2) is 7.57. The minimum atomic E-state index is 0.0234. The van der Waals surface area contributed by atoms with Gasteiger partial charge in [0, 0.05) is 19.5 Å². The molecule has 0 atom stereocenters. The number of hydrogen-bond donors (Lipinski definition) is 1. The summed E-state index contributed by atoms with van der Waals surface area (Å²) in [5.41, 5.74) is 0.440. The molecule has 1 fully saturated rings. The van der Waals surface area contributed by atoms with Crippen LogP contribution >= 0.6 is 0 Å². The van der Waals surface area contributed by atoms with Gasteiger partial charge in [-0.3, -0.25) is 9.69 Å². The molecular formula is C19H23NO3. The average molecular weight is 313 g/mol. The van der Waals surface area contributed by atoms with Gasteiger partial charge in [-0.1, -0.05) is 24.3 Å². The fourth-order valence-electron chi connectivity index (χ4n) is 3.03. The maximum atomic E-state index is 12.4. The monoisotopic (exact) mass is 313 g/mol. The molecule has 1 heterocycles. The van der Waals surface area contributed by atoms with Gasteiger partial charge in [-0.15, -0.1) is 0 Å². The number of morpholine rings is 1. The van der Waals surface area contributed by atoms with E-state index in [1.165, 1.54) is 0 Å². The van der Waals surface area contributed by atoms with Crippen LogP contribution in [0.2, 0.25) is 0 Å². The normalized spacial score (nSPS) is 15.8. The van der Waals surface area contributed by atoms with Gasteiger partial charge < -0.3 is 9.84 Å².